The van der Waals surface area contributed by atoms with Crippen LogP contribution in [0.5, 0.6) is 0 Å². The van der Waals surface area contributed by atoms with Gasteiger partial charge < -0.3 is 18.6 Å². The van der Waals surface area contributed by atoms with Gasteiger partial charge >= 0.3 is 0 Å². The van der Waals surface area contributed by atoms with Gasteiger partial charge in [-0.2, -0.15) is 0 Å². The van der Waals surface area contributed by atoms with E-state index in [4.69, 9.17) is 8.83 Å². The van der Waals surface area contributed by atoms with Crippen molar-refractivity contribution in [2.24, 2.45) is 0 Å². The Kier molecular flexibility index (Phi) is 10.3. The summed E-state index contributed by atoms with van der Waals surface area (Å²) >= 11 is 0. The Balaban J connectivity index is 1.04. The fraction of sp³-hybridized carbons (Fsp3) is 0.229. The van der Waals surface area contributed by atoms with E-state index in [0.29, 0.717) is 0 Å². The van der Waals surface area contributed by atoms with Gasteiger partial charge in [0.2, 0.25) is 0 Å². The second-order valence-electron chi connectivity index (χ2n) is 24.9. The number of hydrogen-bond acceptors (Lipinski definition) is 4. The van der Waals surface area contributed by atoms with Gasteiger partial charge in [-0.3, -0.25) is 0 Å². The number of furan rings is 2. The molecule has 75 heavy (non-hydrogen) atoms. The zero-order chi connectivity index (χ0) is 52.2. The van der Waals surface area contributed by atoms with Crippen LogP contribution in [0.1, 0.15) is 101 Å². The SMILES string of the molecule is Cc1cc(N2c3cc(C(C)(C)C)ccc3B3c4ccc(C(C)(C)C)cc4N(c4cc(C)c(-c5ccc6c(c5)oc5ccccc56)c(C)c4)c4cc(C(C)(C)C)cc2c43)cc(C)c1-c1ccc2c(c1)oc1ccccc12. The van der Waals surface area contributed by atoms with Crippen molar-refractivity contribution in [3.05, 3.63) is 197 Å². The molecule has 2 aliphatic rings. The lowest BCUT2D eigenvalue weighted by molar-refractivity contribution is 0.590. The van der Waals surface area contributed by atoms with Crippen LogP contribution in [-0.4, -0.2) is 6.71 Å². The summed E-state index contributed by atoms with van der Waals surface area (Å²) in [6.45, 7) is 30.2. The molecular formula is C70H65BN2O2. The summed E-state index contributed by atoms with van der Waals surface area (Å²) in [6, 6.07) is 59.6. The zero-order valence-electron chi connectivity index (χ0n) is 45.8. The van der Waals surface area contributed by atoms with Crippen molar-refractivity contribution >= 4 is 101 Å². The first-order valence-electron chi connectivity index (χ1n) is 26.8. The van der Waals surface area contributed by atoms with Crippen LogP contribution in [0.4, 0.5) is 34.1 Å². The van der Waals surface area contributed by atoms with Gasteiger partial charge in [-0.05, 0) is 206 Å². The number of rotatable bonds is 4. The Morgan fingerprint density at radius 2 is 0.707 bits per heavy atom. The van der Waals surface area contributed by atoms with Crippen molar-refractivity contribution in [1.82, 2.24) is 0 Å². The van der Waals surface area contributed by atoms with Gasteiger partial charge in [0.05, 0.1) is 0 Å². The van der Waals surface area contributed by atoms with Gasteiger partial charge in [0.15, 0.2) is 0 Å². The monoisotopic (exact) mass is 977 g/mol. The van der Waals surface area contributed by atoms with Gasteiger partial charge in [0.1, 0.15) is 22.3 Å². The van der Waals surface area contributed by atoms with Crippen molar-refractivity contribution in [2.45, 2.75) is 106 Å². The Labute approximate surface area is 442 Å². The maximum atomic E-state index is 6.44. The topological polar surface area (TPSA) is 32.8 Å². The van der Waals surface area contributed by atoms with Crippen LogP contribution in [0.25, 0.3) is 66.1 Å². The minimum Gasteiger partial charge on any atom is -0.456 e. The average Bonchev–Trinajstić information content (AvgIpc) is 3.95. The first-order valence-corrected chi connectivity index (χ1v) is 26.8. The fourth-order valence-electron chi connectivity index (χ4n) is 12.7. The van der Waals surface area contributed by atoms with Crippen LogP contribution in [0.3, 0.4) is 0 Å². The van der Waals surface area contributed by atoms with Crippen molar-refractivity contribution in [3.8, 4) is 22.3 Å². The first kappa shape index (κ1) is 47.0. The van der Waals surface area contributed by atoms with Crippen molar-refractivity contribution in [2.75, 3.05) is 9.80 Å². The van der Waals surface area contributed by atoms with Crippen molar-refractivity contribution in [3.63, 3.8) is 0 Å². The highest BCUT2D eigenvalue weighted by Gasteiger charge is 2.45. The molecule has 0 unspecified atom stereocenters. The maximum absolute atomic E-state index is 6.44. The molecule has 2 aromatic heterocycles. The highest BCUT2D eigenvalue weighted by molar-refractivity contribution is 7.00. The summed E-state index contributed by atoms with van der Waals surface area (Å²) in [5.41, 5.74) is 28.3. The van der Waals surface area contributed by atoms with E-state index in [1.165, 1.54) is 89.2 Å². The molecule has 11 aromatic rings. The molecule has 0 fully saturated rings. The van der Waals surface area contributed by atoms with Crippen molar-refractivity contribution < 1.29 is 8.83 Å². The van der Waals surface area contributed by atoms with Gasteiger partial charge in [-0.25, -0.2) is 0 Å². The molecule has 2 aliphatic heterocycles. The van der Waals surface area contributed by atoms with E-state index >= 15 is 0 Å². The number of nitrogens with zero attached hydrogens (tertiary/aromatic N) is 2. The van der Waals surface area contributed by atoms with E-state index in [-0.39, 0.29) is 23.0 Å². The molecule has 0 saturated carbocycles. The summed E-state index contributed by atoms with van der Waals surface area (Å²) in [7, 11) is 0. The quantitative estimate of drug-likeness (QED) is 0.165. The fourth-order valence-corrected chi connectivity index (χ4v) is 12.7. The van der Waals surface area contributed by atoms with Gasteiger partial charge in [0, 0.05) is 55.7 Å². The van der Waals surface area contributed by atoms with Crippen LogP contribution in [0.15, 0.2) is 167 Å². The van der Waals surface area contributed by atoms with E-state index in [2.05, 4.69) is 245 Å². The number of benzene rings is 9. The molecule has 4 nitrogen and oxygen atoms in total. The third-order valence-corrected chi connectivity index (χ3v) is 16.6. The molecule has 370 valence electrons. The van der Waals surface area contributed by atoms with Crippen LogP contribution in [0.2, 0.25) is 0 Å². The molecule has 0 amide bonds. The van der Waals surface area contributed by atoms with Crippen LogP contribution in [-0.2, 0) is 16.2 Å². The number of fused-ring (bicyclic) bond motifs is 10. The third-order valence-electron chi connectivity index (χ3n) is 16.6. The average molecular weight is 977 g/mol. The Morgan fingerprint density at radius 3 is 1.09 bits per heavy atom. The van der Waals surface area contributed by atoms with E-state index in [9.17, 15) is 0 Å². The van der Waals surface area contributed by atoms with E-state index < -0.39 is 0 Å². The molecule has 0 spiro atoms. The van der Waals surface area contributed by atoms with E-state index in [0.717, 1.165) is 66.4 Å². The number of para-hydroxylation sites is 2. The van der Waals surface area contributed by atoms with E-state index in [1.807, 2.05) is 12.1 Å². The smallest absolute Gasteiger partial charge is 0.252 e. The highest BCUT2D eigenvalue weighted by atomic mass is 16.3. The predicted octanol–water partition coefficient (Wildman–Crippen LogP) is 18.0. The molecule has 13 rings (SSSR count). The molecule has 0 aliphatic carbocycles. The first-order chi connectivity index (χ1) is 35.7. The molecule has 5 heteroatoms. The predicted molar refractivity (Wildman–Crippen MR) is 321 cm³/mol. The Bertz CT molecular complexity index is 3900. The molecular weight excluding hydrogens is 912 g/mol. The van der Waals surface area contributed by atoms with Crippen LogP contribution >= 0.6 is 0 Å². The molecule has 0 radical (unpaired) electrons. The minimum absolute atomic E-state index is 0.00133. The van der Waals surface area contributed by atoms with E-state index in [1.54, 1.807) is 0 Å². The summed E-state index contributed by atoms with van der Waals surface area (Å²) < 4.78 is 12.9. The molecule has 0 bridgehead atoms. The summed E-state index contributed by atoms with van der Waals surface area (Å²) in [5, 5.41) is 4.59. The Morgan fingerprint density at radius 1 is 0.347 bits per heavy atom. The second-order valence-corrected chi connectivity index (χ2v) is 24.9. The maximum Gasteiger partial charge on any atom is 0.252 e. The molecule has 0 saturated heterocycles. The lowest BCUT2D eigenvalue weighted by atomic mass is 9.33. The van der Waals surface area contributed by atoms with Gasteiger partial charge in [-0.1, -0.05) is 135 Å². The number of hydrogen-bond donors (Lipinski definition) is 0. The zero-order valence-corrected chi connectivity index (χ0v) is 45.8. The standard InChI is InChI=1S/C70H65BN2O2/c1-40-30-49(31-41(2)65(40)44-22-26-53-51-18-14-16-20-61(51)74-63(53)34-44)72-57-36-46(68(5,6)7)24-28-55(57)71-56-29-25-47(69(8,9)10)37-58(56)73(60-39-48(70(11,12)13)38-59(72)67(60)71)50-32-42(3)66(43(4)33-50)45-23-27-54-52-19-15-17-21-62(52)75-64(54)35-45/h14-39H,1-13H3. The summed E-state index contributed by atoms with van der Waals surface area (Å²) in [5.74, 6) is 0. The molecule has 9 aromatic carbocycles. The summed E-state index contributed by atoms with van der Waals surface area (Å²) in [6.07, 6.45) is 0. The normalized spacial score (nSPS) is 13.6. The molecule has 0 N–H and O–H groups in total. The summed E-state index contributed by atoms with van der Waals surface area (Å²) in [4.78, 5) is 5.23. The largest absolute Gasteiger partial charge is 0.456 e. The lowest BCUT2D eigenvalue weighted by Crippen LogP contribution is -2.61. The lowest BCUT2D eigenvalue weighted by Gasteiger charge is -2.46. The van der Waals surface area contributed by atoms with Crippen LogP contribution < -0.4 is 26.2 Å². The number of anilines is 6. The van der Waals surface area contributed by atoms with Crippen LogP contribution in [0, 0.1) is 27.7 Å². The third kappa shape index (κ3) is 7.40. The Hall–Kier alpha value is -7.76. The van der Waals surface area contributed by atoms with Crippen molar-refractivity contribution in [1.29, 1.82) is 0 Å². The molecule has 4 heterocycles. The van der Waals surface area contributed by atoms with Gasteiger partial charge in [0.25, 0.3) is 6.71 Å². The minimum atomic E-state index is -0.157. The molecule has 0 atom stereocenters. The second kappa shape index (κ2) is 16.4. The number of aryl methyl sites for hydroxylation is 4. The van der Waals surface area contributed by atoms with Gasteiger partial charge in [-0.15, -0.1) is 0 Å². The highest BCUT2D eigenvalue weighted by Crippen LogP contribution is 2.49.